The van der Waals surface area contributed by atoms with Crippen LogP contribution in [0.1, 0.15) is 21.5 Å². The lowest BCUT2D eigenvalue weighted by Gasteiger charge is -2.17. The summed E-state index contributed by atoms with van der Waals surface area (Å²) in [7, 11) is 1.69. The number of benzene rings is 1. The van der Waals surface area contributed by atoms with Crippen LogP contribution in [0.4, 0.5) is 4.39 Å². The van der Waals surface area contributed by atoms with Crippen molar-refractivity contribution < 1.29 is 9.18 Å². The Balaban J connectivity index is 2.09. The normalized spacial score (nSPS) is 10.3. The summed E-state index contributed by atoms with van der Waals surface area (Å²) in [6.07, 6.45) is 1.29. The summed E-state index contributed by atoms with van der Waals surface area (Å²) in [5.74, 6) is -0.864. The van der Waals surface area contributed by atoms with Crippen molar-refractivity contribution in [2.45, 2.75) is 13.5 Å². The molecule has 1 amide bonds. The number of hydrogen-bond acceptors (Lipinski definition) is 2. The molecule has 0 fully saturated rings. The van der Waals surface area contributed by atoms with Crippen LogP contribution < -0.4 is 0 Å². The second kappa shape index (κ2) is 5.61. The molecule has 1 heterocycles. The van der Waals surface area contributed by atoms with Crippen LogP contribution in [0.25, 0.3) is 0 Å². The molecule has 0 spiro atoms. The molecule has 4 heteroatoms. The second-order valence-electron chi connectivity index (χ2n) is 4.51. The van der Waals surface area contributed by atoms with Gasteiger partial charge < -0.3 is 4.90 Å². The van der Waals surface area contributed by atoms with E-state index in [0.29, 0.717) is 12.1 Å². The summed E-state index contributed by atoms with van der Waals surface area (Å²) < 4.78 is 13.0. The standard InChI is InChI=1S/C15H15FN2O/c1-11-3-5-12(6-4-11)10-18(2)15(19)13-7-8-17-14(16)9-13/h3-9H,10H2,1-2H3. The molecule has 0 aliphatic heterocycles. The summed E-state index contributed by atoms with van der Waals surface area (Å²) in [4.78, 5) is 17.1. The van der Waals surface area contributed by atoms with Crippen molar-refractivity contribution in [3.63, 3.8) is 0 Å². The predicted molar refractivity (Wildman–Crippen MR) is 71.2 cm³/mol. The molecule has 98 valence electrons. The zero-order chi connectivity index (χ0) is 13.8. The molecule has 0 bridgehead atoms. The van der Waals surface area contributed by atoms with Crippen molar-refractivity contribution in [3.05, 3.63) is 65.2 Å². The fraction of sp³-hybridized carbons (Fsp3) is 0.200. The zero-order valence-electron chi connectivity index (χ0n) is 10.9. The van der Waals surface area contributed by atoms with Crippen molar-refractivity contribution >= 4 is 5.91 Å². The van der Waals surface area contributed by atoms with Gasteiger partial charge >= 0.3 is 0 Å². The van der Waals surface area contributed by atoms with E-state index in [1.807, 2.05) is 31.2 Å². The van der Waals surface area contributed by atoms with Crippen molar-refractivity contribution in [2.75, 3.05) is 7.05 Å². The minimum atomic E-state index is -0.644. The number of hydrogen-bond donors (Lipinski definition) is 0. The fourth-order valence-electron chi connectivity index (χ4n) is 1.80. The van der Waals surface area contributed by atoms with Gasteiger partial charge in [-0.3, -0.25) is 4.79 Å². The van der Waals surface area contributed by atoms with Gasteiger partial charge in [0.2, 0.25) is 5.95 Å². The summed E-state index contributed by atoms with van der Waals surface area (Å²) in [6.45, 7) is 2.50. The molecule has 19 heavy (non-hydrogen) atoms. The molecule has 1 aromatic carbocycles. The Morgan fingerprint density at radius 1 is 1.26 bits per heavy atom. The highest BCUT2D eigenvalue weighted by atomic mass is 19.1. The van der Waals surface area contributed by atoms with E-state index in [1.165, 1.54) is 17.8 Å². The number of rotatable bonds is 3. The van der Waals surface area contributed by atoms with Crippen LogP contribution >= 0.6 is 0 Å². The van der Waals surface area contributed by atoms with Crippen LogP contribution in [-0.4, -0.2) is 22.8 Å². The maximum atomic E-state index is 13.0. The summed E-state index contributed by atoms with van der Waals surface area (Å²) in [5.41, 5.74) is 2.52. The highest BCUT2D eigenvalue weighted by molar-refractivity contribution is 5.93. The first-order chi connectivity index (χ1) is 9.06. The van der Waals surface area contributed by atoms with Gasteiger partial charge in [0.25, 0.3) is 5.91 Å². The smallest absolute Gasteiger partial charge is 0.254 e. The molecular weight excluding hydrogens is 243 g/mol. The van der Waals surface area contributed by atoms with E-state index in [2.05, 4.69) is 4.98 Å². The Kier molecular flexibility index (Phi) is 3.90. The minimum Gasteiger partial charge on any atom is -0.337 e. The quantitative estimate of drug-likeness (QED) is 0.793. The molecule has 2 rings (SSSR count). The highest BCUT2D eigenvalue weighted by Crippen LogP contribution is 2.09. The molecule has 0 aliphatic carbocycles. The lowest BCUT2D eigenvalue weighted by atomic mass is 10.1. The number of aryl methyl sites for hydroxylation is 1. The number of carbonyl (C=O) groups excluding carboxylic acids is 1. The van der Waals surface area contributed by atoms with Crippen molar-refractivity contribution in [1.29, 1.82) is 0 Å². The summed E-state index contributed by atoms with van der Waals surface area (Å²) >= 11 is 0. The molecule has 0 unspecified atom stereocenters. The topological polar surface area (TPSA) is 33.2 Å². The first-order valence-corrected chi connectivity index (χ1v) is 5.99. The van der Waals surface area contributed by atoms with Gasteiger partial charge in [-0.15, -0.1) is 0 Å². The average Bonchev–Trinajstić information content (AvgIpc) is 2.40. The van der Waals surface area contributed by atoms with E-state index in [0.717, 1.165) is 11.6 Å². The van der Waals surface area contributed by atoms with E-state index in [4.69, 9.17) is 0 Å². The van der Waals surface area contributed by atoms with Gasteiger partial charge in [-0.2, -0.15) is 4.39 Å². The van der Waals surface area contributed by atoms with Gasteiger partial charge in [0.15, 0.2) is 0 Å². The number of halogens is 1. The van der Waals surface area contributed by atoms with Crippen LogP contribution in [0.15, 0.2) is 42.6 Å². The number of nitrogens with zero attached hydrogens (tertiary/aromatic N) is 2. The second-order valence-corrected chi connectivity index (χ2v) is 4.51. The number of pyridine rings is 1. The average molecular weight is 258 g/mol. The van der Waals surface area contributed by atoms with Crippen LogP contribution in [0.3, 0.4) is 0 Å². The van der Waals surface area contributed by atoms with Gasteiger partial charge in [0.1, 0.15) is 0 Å². The van der Waals surface area contributed by atoms with E-state index in [1.54, 1.807) is 11.9 Å². The number of aromatic nitrogens is 1. The molecule has 2 aromatic rings. The monoisotopic (exact) mass is 258 g/mol. The van der Waals surface area contributed by atoms with Gasteiger partial charge in [-0.1, -0.05) is 29.8 Å². The summed E-state index contributed by atoms with van der Waals surface area (Å²) in [5, 5.41) is 0. The van der Waals surface area contributed by atoms with Crippen LogP contribution in [-0.2, 0) is 6.54 Å². The van der Waals surface area contributed by atoms with Gasteiger partial charge in [0.05, 0.1) is 0 Å². The highest BCUT2D eigenvalue weighted by Gasteiger charge is 2.12. The van der Waals surface area contributed by atoms with Crippen molar-refractivity contribution in [2.24, 2.45) is 0 Å². The lowest BCUT2D eigenvalue weighted by molar-refractivity contribution is 0.0784. The van der Waals surface area contributed by atoms with Gasteiger partial charge in [-0.05, 0) is 18.6 Å². The van der Waals surface area contributed by atoms with Crippen molar-refractivity contribution in [3.8, 4) is 0 Å². The Hall–Kier alpha value is -2.23. The first kappa shape index (κ1) is 13.2. The molecule has 1 aromatic heterocycles. The van der Waals surface area contributed by atoms with E-state index in [-0.39, 0.29) is 5.91 Å². The maximum absolute atomic E-state index is 13.0. The molecule has 0 aliphatic rings. The predicted octanol–water partition coefficient (Wildman–Crippen LogP) is 2.80. The molecule has 0 saturated heterocycles. The first-order valence-electron chi connectivity index (χ1n) is 5.99. The van der Waals surface area contributed by atoms with Crippen LogP contribution in [0, 0.1) is 12.9 Å². The maximum Gasteiger partial charge on any atom is 0.254 e. The Morgan fingerprint density at radius 3 is 2.58 bits per heavy atom. The molecule has 0 N–H and O–H groups in total. The Bertz CT molecular complexity index is 581. The van der Waals surface area contributed by atoms with Crippen LogP contribution in [0.5, 0.6) is 0 Å². The third-order valence-corrected chi connectivity index (χ3v) is 2.86. The zero-order valence-corrected chi connectivity index (χ0v) is 10.9. The largest absolute Gasteiger partial charge is 0.337 e. The SMILES string of the molecule is Cc1ccc(CN(C)C(=O)c2ccnc(F)c2)cc1. The third-order valence-electron chi connectivity index (χ3n) is 2.86. The lowest BCUT2D eigenvalue weighted by Crippen LogP contribution is -2.26. The molecular formula is C15H15FN2O. The number of amides is 1. The van der Waals surface area contributed by atoms with Crippen LogP contribution in [0.2, 0.25) is 0 Å². The van der Waals surface area contributed by atoms with E-state index in [9.17, 15) is 9.18 Å². The Morgan fingerprint density at radius 2 is 1.95 bits per heavy atom. The van der Waals surface area contributed by atoms with E-state index >= 15 is 0 Å². The van der Waals surface area contributed by atoms with Gasteiger partial charge in [0, 0.05) is 31.4 Å². The van der Waals surface area contributed by atoms with Crippen molar-refractivity contribution in [1.82, 2.24) is 9.88 Å². The third kappa shape index (κ3) is 3.37. The molecule has 0 saturated carbocycles. The van der Waals surface area contributed by atoms with Gasteiger partial charge in [-0.25, -0.2) is 4.98 Å². The molecule has 0 atom stereocenters. The molecule has 0 radical (unpaired) electrons. The number of carbonyl (C=O) groups is 1. The summed E-state index contributed by atoms with van der Waals surface area (Å²) in [6, 6.07) is 10.6. The fourth-order valence-corrected chi connectivity index (χ4v) is 1.80. The molecule has 3 nitrogen and oxygen atoms in total. The van der Waals surface area contributed by atoms with E-state index < -0.39 is 5.95 Å². The minimum absolute atomic E-state index is 0.220. The Labute approximate surface area is 111 Å².